The van der Waals surface area contributed by atoms with Gasteiger partial charge in [0, 0.05) is 54.8 Å². The maximum Gasteiger partial charge on any atom is 0.260 e. The van der Waals surface area contributed by atoms with Crippen LogP contribution in [-0.2, 0) is 11.3 Å². The molecule has 6 heteroatoms. The van der Waals surface area contributed by atoms with E-state index in [9.17, 15) is 4.79 Å². The third-order valence-corrected chi connectivity index (χ3v) is 5.22. The van der Waals surface area contributed by atoms with Crippen LogP contribution in [0.5, 0.6) is 5.75 Å². The third-order valence-electron chi connectivity index (χ3n) is 4.97. The summed E-state index contributed by atoms with van der Waals surface area (Å²) < 4.78 is 5.57. The van der Waals surface area contributed by atoms with Crippen LogP contribution in [0.25, 0.3) is 10.9 Å². The van der Waals surface area contributed by atoms with Gasteiger partial charge in [-0.05, 0) is 35.9 Å². The molecule has 1 amide bonds. The fraction of sp³-hybridized carbons (Fsp3) is 0.286. The second kappa shape index (κ2) is 8.03. The number of rotatable bonds is 5. The van der Waals surface area contributed by atoms with Gasteiger partial charge in [-0.3, -0.25) is 9.69 Å². The fourth-order valence-corrected chi connectivity index (χ4v) is 3.55. The summed E-state index contributed by atoms with van der Waals surface area (Å²) >= 11 is 5.86. The number of halogens is 1. The summed E-state index contributed by atoms with van der Waals surface area (Å²) in [4.78, 5) is 20.0. The quantitative estimate of drug-likeness (QED) is 0.733. The summed E-state index contributed by atoms with van der Waals surface area (Å²) in [5.41, 5.74) is 2.47. The fourth-order valence-electron chi connectivity index (χ4n) is 3.43. The normalized spacial score (nSPS) is 15.2. The Kier molecular flexibility index (Phi) is 5.32. The molecule has 1 aromatic heterocycles. The van der Waals surface area contributed by atoms with Gasteiger partial charge in [0.2, 0.25) is 0 Å². The second-order valence-corrected chi connectivity index (χ2v) is 7.20. The van der Waals surface area contributed by atoms with E-state index in [-0.39, 0.29) is 12.5 Å². The van der Waals surface area contributed by atoms with Crippen molar-refractivity contribution in [3.05, 3.63) is 65.3 Å². The zero-order valence-electron chi connectivity index (χ0n) is 15.0. The smallest absolute Gasteiger partial charge is 0.260 e. The number of nitrogens with one attached hydrogen (secondary N) is 1. The molecule has 5 nitrogen and oxygen atoms in total. The summed E-state index contributed by atoms with van der Waals surface area (Å²) in [6.07, 6.45) is 2.09. The van der Waals surface area contributed by atoms with Crippen molar-refractivity contribution in [2.45, 2.75) is 6.54 Å². The van der Waals surface area contributed by atoms with Crippen molar-refractivity contribution in [3.8, 4) is 5.75 Å². The summed E-state index contributed by atoms with van der Waals surface area (Å²) in [5, 5.41) is 1.92. The van der Waals surface area contributed by atoms with Crippen molar-refractivity contribution >= 4 is 28.4 Å². The number of aromatic amines is 1. The van der Waals surface area contributed by atoms with Crippen molar-refractivity contribution in [1.29, 1.82) is 0 Å². The molecule has 0 radical (unpaired) electrons. The minimum atomic E-state index is 0.0247. The highest BCUT2D eigenvalue weighted by molar-refractivity contribution is 6.30. The van der Waals surface area contributed by atoms with Crippen LogP contribution in [0.2, 0.25) is 5.02 Å². The van der Waals surface area contributed by atoms with Crippen LogP contribution < -0.4 is 4.74 Å². The molecule has 0 atom stereocenters. The molecule has 0 unspecified atom stereocenters. The molecule has 1 fully saturated rings. The van der Waals surface area contributed by atoms with Gasteiger partial charge >= 0.3 is 0 Å². The van der Waals surface area contributed by atoms with Crippen molar-refractivity contribution < 1.29 is 9.53 Å². The molecule has 0 spiro atoms. The average molecular weight is 384 g/mol. The Balaban J connectivity index is 1.27. The van der Waals surface area contributed by atoms with Crippen LogP contribution in [0, 0.1) is 0 Å². The third kappa shape index (κ3) is 4.26. The first kappa shape index (κ1) is 17.9. The number of nitrogens with zero attached hydrogens (tertiary/aromatic N) is 2. The number of hydrogen-bond acceptors (Lipinski definition) is 3. The molecule has 0 bridgehead atoms. The van der Waals surface area contributed by atoms with Gasteiger partial charge in [0.25, 0.3) is 5.91 Å². The summed E-state index contributed by atoms with van der Waals surface area (Å²) in [7, 11) is 0. The zero-order valence-corrected chi connectivity index (χ0v) is 15.8. The summed E-state index contributed by atoms with van der Waals surface area (Å²) in [5.74, 6) is 0.683. The number of para-hydroxylation sites is 1. The predicted molar refractivity (Wildman–Crippen MR) is 107 cm³/mol. The van der Waals surface area contributed by atoms with Crippen molar-refractivity contribution in [2.75, 3.05) is 32.8 Å². The number of carbonyl (C=O) groups is 1. The minimum absolute atomic E-state index is 0.0247. The molecule has 0 aliphatic carbocycles. The van der Waals surface area contributed by atoms with Gasteiger partial charge < -0.3 is 14.6 Å². The monoisotopic (exact) mass is 383 g/mol. The van der Waals surface area contributed by atoms with Gasteiger partial charge in [0.1, 0.15) is 5.75 Å². The van der Waals surface area contributed by atoms with E-state index in [1.165, 1.54) is 16.5 Å². The van der Waals surface area contributed by atoms with E-state index in [2.05, 4.69) is 34.3 Å². The number of carbonyl (C=O) groups excluding carboxylic acids is 1. The van der Waals surface area contributed by atoms with Crippen molar-refractivity contribution in [2.24, 2.45) is 0 Å². The largest absolute Gasteiger partial charge is 0.484 e. The van der Waals surface area contributed by atoms with Gasteiger partial charge in [0.05, 0.1) is 0 Å². The topological polar surface area (TPSA) is 48.6 Å². The van der Waals surface area contributed by atoms with Crippen LogP contribution >= 0.6 is 11.6 Å². The number of ether oxygens (including phenoxy) is 1. The number of benzene rings is 2. The molecular weight excluding hydrogens is 362 g/mol. The first-order valence-corrected chi connectivity index (χ1v) is 9.50. The number of fused-ring (bicyclic) bond motifs is 1. The molecule has 3 aromatic rings. The molecule has 1 saturated heterocycles. The van der Waals surface area contributed by atoms with E-state index >= 15 is 0 Å². The lowest BCUT2D eigenvalue weighted by Gasteiger charge is -2.34. The van der Waals surface area contributed by atoms with Crippen LogP contribution in [0.1, 0.15) is 5.56 Å². The van der Waals surface area contributed by atoms with Crippen LogP contribution in [0.4, 0.5) is 0 Å². The van der Waals surface area contributed by atoms with Crippen LogP contribution in [-0.4, -0.2) is 53.5 Å². The minimum Gasteiger partial charge on any atom is -0.484 e. The van der Waals surface area contributed by atoms with Gasteiger partial charge in [0.15, 0.2) is 6.61 Å². The predicted octanol–water partition coefficient (Wildman–Crippen LogP) is 3.54. The number of piperazine rings is 1. The Morgan fingerprint density at radius 1 is 1.04 bits per heavy atom. The molecule has 1 aliphatic rings. The van der Waals surface area contributed by atoms with E-state index < -0.39 is 0 Å². The molecular formula is C21H22ClN3O2. The van der Waals surface area contributed by atoms with E-state index in [4.69, 9.17) is 16.3 Å². The number of aromatic nitrogens is 1. The summed E-state index contributed by atoms with van der Waals surface area (Å²) in [6.45, 7) is 4.14. The number of H-pyrrole nitrogens is 1. The first-order valence-electron chi connectivity index (χ1n) is 9.12. The molecule has 0 saturated carbocycles. The lowest BCUT2D eigenvalue weighted by atomic mass is 10.1. The van der Waals surface area contributed by atoms with E-state index in [1.54, 1.807) is 24.3 Å². The lowest BCUT2D eigenvalue weighted by Crippen LogP contribution is -2.49. The highest BCUT2D eigenvalue weighted by Gasteiger charge is 2.22. The SMILES string of the molecule is O=C(COc1ccc(Cl)cc1)N1CCN(Cc2c[nH]c3ccccc23)CC1. The highest BCUT2D eigenvalue weighted by Crippen LogP contribution is 2.20. The average Bonchev–Trinajstić information content (AvgIpc) is 3.11. The Hall–Kier alpha value is -2.50. The van der Waals surface area contributed by atoms with Gasteiger partial charge in [-0.2, -0.15) is 0 Å². The van der Waals surface area contributed by atoms with Crippen LogP contribution in [0.15, 0.2) is 54.7 Å². The Morgan fingerprint density at radius 3 is 2.56 bits per heavy atom. The van der Waals surface area contributed by atoms with Crippen molar-refractivity contribution in [1.82, 2.24) is 14.8 Å². The molecule has 2 aromatic carbocycles. The Morgan fingerprint density at radius 2 is 1.78 bits per heavy atom. The summed E-state index contributed by atoms with van der Waals surface area (Å²) in [6, 6.07) is 15.4. The van der Waals surface area contributed by atoms with E-state index in [0.29, 0.717) is 10.8 Å². The second-order valence-electron chi connectivity index (χ2n) is 6.76. The van der Waals surface area contributed by atoms with E-state index in [0.717, 1.165) is 32.7 Å². The number of amides is 1. The Bertz CT molecular complexity index is 915. The first-order chi connectivity index (χ1) is 13.2. The molecule has 27 heavy (non-hydrogen) atoms. The van der Waals surface area contributed by atoms with Gasteiger partial charge in [-0.25, -0.2) is 0 Å². The lowest BCUT2D eigenvalue weighted by molar-refractivity contribution is -0.135. The molecule has 4 rings (SSSR count). The zero-order chi connectivity index (χ0) is 18.6. The standard InChI is InChI=1S/C21H22ClN3O2/c22-17-5-7-18(8-6-17)27-15-21(26)25-11-9-24(10-12-25)14-16-13-23-20-4-2-1-3-19(16)20/h1-8,13,23H,9-12,14-15H2. The highest BCUT2D eigenvalue weighted by atomic mass is 35.5. The molecule has 1 aliphatic heterocycles. The maximum atomic E-state index is 12.4. The van der Waals surface area contributed by atoms with Crippen LogP contribution in [0.3, 0.4) is 0 Å². The molecule has 140 valence electrons. The number of hydrogen-bond donors (Lipinski definition) is 1. The van der Waals surface area contributed by atoms with E-state index in [1.807, 2.05) is 11.0 Å². The molecule has 1 N–H and O–H groups in total. The van der Waals surface area contributed by atoms with Gasteiger partial charge in [-0.1, -0.05) is 29.8 Å². The molecule has 2 heterocycles. The van der Waals surface area contributed by atoms with Crippen molar-refractivity contribution in [3.63, 3.8) is 0 Å². The van der Waals surface area contributed by atoms with Gasteiger partial charge in [-0.15, -0.1) is 0 Å². The Labute approximate surface area is 163 Å². The maximum absolute atomic E-state index is 12.4.